The molecule has 1 heteroatoms. The number of fused-ring (bicyclic) bond motifs is 1. The maximum absolute atomic E-state index is 5.98. The van der Waals surface area contributed by atoms with Gasteiger partial charge in [-0.3, -0.25) is 0 Å². The molecule has 0 aliphatic heterocycles. The molecule has 0 heterocycles. The molecule has 1 aromatic rings. The van der Waals surface area contributed by atoms with Crippen LogP contribution in [0.15, 0.2) is 24.3 Å². The number of hydrogen-bond acceptors (Lipinski definition) is 1. The van der Waals surface area contributed by atoms with Crippen molar-refractivity contribution in [1.29, 1.82) is 0 Å². The van der Waals surface area contributed by atoms with E-state index in [1.54, 1.807) is 0 Å². The number of ether oxygens (including phenoxy) is 1. The van der Waals surface area contributed by atoms with E-state index >= 15 is 0 Å². The van der Waals surface area contributed by atoms with Gasteiger partial charge in [-0.25, -0.2) is 0 Å². The van der Waals surface area contributed by atoms with Gasteiger partial charge in [-0.2, -0.15) is 0 Å². The van der Waals surface area contributed by atoms with E-state index in [0.29, 0.717) is 6.10 Å². The van der Waals surface area contributed by atoms with Crippen LogP contribution in [0.2, 0.25) is 0 Å². The average molecular weight is 190 g/mol. The van der Waals surface area contributed by atoms with Crippen LogP contribution in [0.5, 0.6) is 0 Å². The lowest BCUT2D eigenvalue weighted by Crippen LogP contribution is -2.27. The lowest BCUT2D eigenvalue weighted by molar-refractivity contribution is -0.0543. The molecule has 0 fully saturated rings. The van der Waals surface area contributed by atoms with Gasteiger partial charge in [-0.1, -0.05) is 24.3 Å². The van der Waals surface area contributed by atoms with Gasteiger partial charge in [0.2, 0.25) is 0 Å². The van der Waals surface area contributed by atoms with Crippen molar-refractivity contribution in [3.05, 3.63) is 35.4 Å². The molecule has 2 rings (SSSR count). The lowest BCUT2D eigenvalue weighted by Gasteiger charge is -2.24. The highest BCUT2D eigenvalue weighted by atomic mass is 16.5. The van der Waals surface area contributed by atoms with Crippen LogP contribution >= 0.6 is 0 Å². The number of rotatable bonds is 1. The second-order valence-corrected chi connectivity index (χ2v) is 5.03. The summed E-state index contributed by atoms with van der Waals surface area (Å²) >= 11 is 0. The fourth-order valence-corrected chi connectivity index (χ4v) is 2.10. The Morgan fingerprint density at radius 2 is 1.57 bits per heavy atom. The zero-order valence-corrected chi connectivity index (χ0v) is 9.21. The van der Waals surface area contributed by atoms with Crippen molar-refractivity contribution in [2.24, 2.45) is 0 Å². The first-order valence-corrected chi connectivity index (χ1v) is 5.29. The van der Waals surface area contributed by atoms with Crippen molar-refractivity contribution in [3.8, 4) is 0 Å². The minimum Gasteiger partial charge on any atom is -0.372 e. The standard InChI is InChI=1S/C13H18O/c1-13(2,3)14-12-8-10-6-4-5-7-11(10)9-12/h4-7,12H,8-9H2,1-3H3. The first kappa shape index (κ1) is 9.72. The van der Waals surface area contributed by atoms with Crippen LogP contribution < -0.4 is 0 Å². The fourth-order valence-electron chi connectivity index (χ4n) is 2.10. The molecule has 0 radical (unpaired) electrons. The molecule has 1 aliphatic carbocycles. The molecule has 0 unspecified atom stereocenters. The van der Waals surface area contributed by atoms with Crippen LogP contribution in [-0.4, -0.2) is 11.7 Å². The molecule has 0 amide bonds. The molecule has 0 saturated carbocycles. The van der Waals surface area contributed by atoms with E-state index in [1.807, 2.05) is 0 Å². The average Bonchev–Trinajstić information content (AvgIpc) is 2.42. The van der Waals surface area contributed by atoms with Gasteiger partial charge in [-0.05, 0) is 44.7 Å². The zero-order valence-electron chi connectivity index (χ0n) is 9.21. The van der Waals surface area contributed by atoms with E-state index in [2.05, 4.69) is 45.0 Å². The molecule has 1 aliphatic rings. The molecule has 0 atom stereocenters. The van der Waals surface area contributed by atoms with Gasteiger partial charge in [-0.15, -0.1) is 0 Å². The predicted octanol–water partition coefficient (Wildman–Crippen LogP) is 2.97. The van der Waals surface area contributed by atoms with Crippen LogP contribution in [0.3, 0.4) is 0 Å². The Morgan fingerprint density at radius 1 is 1.07 bits per heavy atom. The highest BCUT2D eigenvalue weighted by molar-refractivity contribution is 5.32. The topological polar surface area (TPSA) is 9.23 Å². The second kappa shape index (κ2) is 3.39. The van der Waals surface area contributed by atoms with Crippen LogP contribution in [-0.2, 0) is 17.6 Å². The van der Waals surface area contributed by atoms with Gasteiger partial charge in [0, 0.05) is 0 Å². The molecular weight excluding hydrogens is 172 g/mol. The molecule has 14 heavy (non-hydrogen) atoms. The van der Waals surface area contributed by atoms with Crippen LogP contribution in [0.25, 0.3) is 0 Å². The first-order valence-electron chi connectivity index (χ1n) is 5.29. The molecule has 1 nitrogen and oxygen atoms in total. The summed E-state index contributed by atoms with van der Waals surface area (Å²) in [6.45, 7) is 6.36. The van der Waals surface area contributed by atoms with Crippen molar-refractivity contribution in [2.75, 3.05) is 0 Å². The molecule has 1 aromatic carbocycles. The van der Waals surface area contributed by atoms with Gasteiger partial charge < -0.3 is 4.74 Å². The van der Waals surface area contributed by atoms with Gasteiger partial charge in [0.15, 0.2) is 0 Å². The molecule has 0 aromatic heterocycles. The van der Waals surface area contributed by atoms with Gasteiger partial charge in [0.1, 0.15) is 0 Å². The summed E-state index contributed by atoms with van der Waals surface area (Å²) in [5.41, 5.74) is 2.90. The smallest absolute Gasteiger partial charge is 0.0663 e. The van der Waals surface area contributed by atoms with Crippen LogP contribution in [0.1, 0.15) is 31.9 Å². The molecule has 0 bridgehead atoms. The zero-order chi connectivity index (χ0) is 10.2. The quantitative estimate of drug-likeness (QED) is 0.661. The highest BCUT2D eigenvalue weighted by Crippen LogP contribution is 2.26. The van der Waals surface area contributed by atoms with E-state index in [4.69, 9.17) is 4.74 Å². The Bertz CT molecular complexity index is 297. The van der Waals surface area contributed by atoms with Crippen molar-refractivity contribution in [2.45, 2.75) is 45.3 Å². The second-order valence-electron chi connectivity index (χ2n) is 5.03. The normalized spacial score (nSPS) is 17.1. The predicted molar refractivity (Wildman–Crippen MR) is 58.5 cm³/mol. The SMILES string of the molecule is CC(C)(C)OC1Cc2ccccc2C1. The maximum atomic E-state index is 5.98. The molecule has 0 saturated heterocycles. The van der Waals surface area contributed by atoms with Gasteiger partial charge in [0.05, 0.1) is 11.7 Å². The van der Waals surface area contributed by atoms with E-state index < -0.39 is 0 Å². The van der Waals surface area contributed by atoms with Crippen LogP contribution in [0, 0.1) is 0 Å². The molecule has 0 spiro atoms. The monoisotopic (exact) mass is 190 g/mol. The Morgan fingerprint density at radius 3 is 2.00 bits per heavy atom. The highest BCUT2D eigenvalue weighted by Gasteiger charge is 2.25. The Kier molecular flexibility index (Phi) is 2.36. The largest absolute Gasteiger partial charge is 0.372 e. The summed E-state index contributed by atoms with van der Waals surface area (Å²) in [4.78, 5) is 0. The van der Waals surface area contributed by atoms with Crippen molar-refractivity contribution >= 4 is 0 Å². The Labute approximate surface area is 86.1 Å². The molecular formula is C13H18O. The van der Waals surface area contributed by atoms with E-state index in [9.17, 15) is 0 Å². The molecule has 0 N–H and O–H groups in total. The fraction of sp³-hybridized carbons (Fsp3) is 0.538. The van der Waals surface area contributed by atoms with Crippen molar-refractivity contribution in [3.63, 3.8) is 0 Å². The van der Waals surface area contributed by atoms with E-state index in [0.717, 1.165) is 12.8 Å². The van der Waals surface area contributed by atoms with Crippen LogP contribution in [0.4, 0.5) is 0 Å². The summed E-state index contributed by atoms with van der Waals surface area (Å²) in [5.74, 6) is 0. The Hall–Kier alpha value is -0.820. The number of benzene rings is 1. The summed E-state index contributed by atoms with van der Waals surface area (Å²) in [6, 6.07) is 8.64. The first-order chi connectivity index (χ1) is 6.54. The van der Waals surface area contributed by atoms with E-state index in [1.165, 1.54) is 11.1 Å². The Balaban J connectivity index is 2.05. The third-order valence-electron chi connectivity index (χ3n) is 2.53. The van der Waals surface area contributed by atoms with Gasteiger partial charge >= 0.3 is 0 Å². The third-order valence-corrected chi connectivity index (χ3v) is 2.53. The summed E-state index contributed by atoms with van der Waals surface area (Å²) < 4.78 is 5.98. The summed E-state index contributed by atoms with van der Waals surface area (Å²) in [7, 11) is 0. The van der Waals surface area contributed by atoms with Crippen molar-refractivity contribution < 1.29 is 4.74 Å². The lowest BCUT2D eigenvalue weighted by atomic mass is 10.1. The third kappa shape index (κ3) is 2.16. The number of hydrogen-bond donors (Lipinski definition) is 0. The maximum Gasteiger partial charge on any atom is 0.0663 e. The minimum atomic E-state index is -0.0211. The summed E-state index contributed by atoms with van der Waals surface area (Å²) in [6.07, 6.45) is 2.54. The van der Waals surface area contributed by atoms with E-state index in [-0.39, 0.29) is 5.60 Å². The minimum absolute atomic E-state index is 0.0211. The van der Waals surface area contributed by atoms with Crippen molar-refractivity contribution in [1.82, 2.24) is 0 Å². The molecule has 76 valence electrons. The van der Waals surface area contributed by atoms with Gasteiger partial charge in [0.25, 0.3) is 0 Å². The summed E-state index contributed by atoms with van der Waals surface area (Å²) in [5, 5.41) is 0.